The lowest BCUT2D eigenvalue weighted by Crippen LogP contribution is -2.47. The van der Waals surface area contributed by atoms with E-state index >= 15 is 0 Å². The molecule has 0 radical (unpaired) electrons. The monoisotopic (exact) mass is 621 g/mol. The highest BCUT2D eigenvalue weighted by Gasteiger charge is 2.21. The summed E-state index contributed by atoms with van der Waals surface area (Å²) in [5.74, 6) is -0.813. The maximum Gasteiger partial charge on any atom is 0.251 e. The van der Waals surface area contributed by atoms with Crippen LogP contribution in [0.3, 0.4) is 0 Å². The van der Waals surface area contributed by atoms with Crippen molar-refractivity contribution in [1.29, 1.82) is 0 Å². The van der Waals surface area contributed by atoms with E-state index in [-0.39, 0.29) is 23.4 Å². The van der Waals surface area contributed by atoms with Gasteiger partial charge in [-0.2, -0.15) is 12.6 Å². The molecule has 3 N–H and O–H groups in total. The second kappa shape index (κ2) is 16.7. The number of thiol groups is 1. The zero-order chi connectivity index (χ0) is 32.0. The lowest BCUT2D eigenvalue weighted by atomic mass is 10.0. The highest BCUT2D eigenvalue weighted by atomic mass is 32.1. The number of ketones is 2. The quantitative estimate of drug-likeness (QED) is 0.0856. The van der Waals surface area contributed by atoms with E-state index in [0.29, 0.717) is 71.5 Å². The summed E-state index contributed by atoms with van der Waals surface area (Å²) in [5, 5.41) is 8.42. The third kappa shape index (κ3) is 9.48. The molecule has 0 spiro atoms. The van der Waals surface area contributed by atoms with E-state index in [1.54, 1.807) is 97.1 Å². The van der Waals surface area contributed by atoms with Crippen molar-refractivity contribution in [2.24, 2.45) is 0 Å². The molecule has 4 aromatic rings. The molecule has 8 nitrogen and oxygen atoms in total. The van der Waals surface area contributed by atoms with E-state index < -0.39 is 11.9 Å². The summed E-state index contributed by atoms with van der Waals surface area (Å²) in [5.41, 5.74) is 2.86. The fraction of sp³-hybridized carbons (Fsp3) is 0.194. The van der Waals surface area contributed by atoms with Crippen LogP contribution in [-0.2, 0) is 4.79 Å². The first-order chi connectivity index (χ1) is 21.9. The van der Waals surface area contributed by atoms with Gasteiger partial charge in [0.25, 0.3) is 11.8 Å². The molecule has 0 aliphatic carbocycles. The maximum atomic E-state index is 13.0. The van der Waals surface area contributed by atoms with E-state index in [9.17, 15) is 24.0 Å². The van der Waals surface area contributed by atoms with Crippen molar-refractivity contribution in [3.05, 3.63) is 143 Å². The highest BCUT2D eigenvalue weighted by molar-refractivity contribution is 7.80. The Kier molecular flexibility index (Phi) is 12.2. The van der Waals surface area contributed by atoms with Gasteiger partial charge in [-0.05, 0) is 43.5 Å². The first-order valence-corrected chi connectivity index (χ1v) is 15.4. The van der Waals surface area contributed by atoms with E-state index in [2.05, 4.69) is 28.6 Å². The van der Waals surface area contributed by atoms with Crippen LogP contribution in [0.15, 0.2) is 109 Å². The van der Waals surface area contributed by atoms with Crippen LogP contribution in [0.2, 0.25) is 0 Å². The Morgan fingerprint density at radius 2 is 0.956 bits per heavy atom. The van der Waals surface area contributed by atoms with Crippen LogP contribution < -0.4 is 16.0 Å². The number of hydrogen-bond acceptors (Lipinski definition) is 6. The first kappa shape index (κ1) is 32.9. The van der Waals surface area contributed by atoms with Crippen LogP contribution >= 0.6 is 12.6 Å². The summed E-state index contributed by atoms with van der Waals surface area (Å²) in [7, 11) is 0. The Morgan fingerprint density at radius 1 is 0.511 bits per heavy atom. The van der Waals surface area contributed by atoms with Crippen molar-refractivity contribution >= 4 is 41.9 Å². The van der Waals surface area contributed by atoms with Gasteiger partial charge in [0.15, 0.2) is 11.6 Å². The fourth-order valence-electron chi connectivity index (χ4n) is 4.65. The zero-order valence-electron chi connectivity index (χ0n) is 24.7. The normalized spacial score (nSPS) is 11.2. The average molecular weight is 622 g/mol. The first-order valence-electron chi connectivity index (χ1n) is 14.7. The Hall–Kier alpha value is -5.02. The second-order valence-corrected chi connectivity index (χ2v) is 10.8. The third-order valence-corrected chi connectivity index (χ3v) is 7.35. The molecule has 0 bridgehead atoms. The Balaban J connectivity index is 1.26. The van der Waals surface area contributed by atoms with Gasteiger partial charge >= 0.3 is 0 Å². The fourth-order valence-corrected chi connectivity index (χ4v) is 4.76. The van der Waals surface area contributed by atoms with Crippen molar-refractivity contribution in [2.45, 2.75) is 25.3 Å². The molecule has 0 fully saturated rings. The van der Waals surface area contributed by atoms with Crippen LogP contribution in [0.5, 0.6) is 0 Å². The molecule has 1 unspecified atom stereocenters. The number of nitrogens with one attached hydrogen (secondary N) is 3. The standard InChI is InChI=1S/C36H35N3O5S/c40-32(25-9-3-1-4-10-25)27-14-18-29(19-15-27)34(42)37-22-8-7-13-31(36(44)38-23-24-45)39-35(43)30-20-16-28(17-21-30)33(41)26-11-5-2-6-12-26/h1-6,9-12,14-21,31,45H,7-8,13,22-24H2,(H,37,42)(H,38,44)(H,39,43). The van der Waals surface area contributed by atoms with Gasteiger partial charge in [0.05, 0.1) is 0 Å². The van der Waals surface area contributed by atoms with Gasteiger partial charge in [-0.25, -0.2) is 0 Å². The molecule has 0 saturated heterocycles. The van der Waals surface area contributed by atoms with E-state index in [0.717, 1.165) is 0 Å². The Morgan fingerprint density at radius 3 is 1.44 bits per heavy atom. The van der Waals surface area contributed by atoms with Crippen LogP contribution in [0.4, 0.5) is 0 Å². The minimum absolute atomic E-state index is 0.113. The number of carbonyl (C=O) groups is 5. The van der Waals surface area contributed by atoms with E-state index in [4.69, 9.17) is 0 Å². The zero-order valence-corrected chi connectivity index (χ0v) is 25.6. The lowest BCUT2D eigenvalue weighted by molar-refractivity contribution is -0.123. The van der Waals surface area contributed by atoms with Crippen LogP contribution in [-0.4, -0.2) is 54.2 Å². The molecule has 4 aromatic carbocycles. The number of unbranched alkanes of at least 4 members (excludes halogenated alkanes) is 1. The molecular weight excluding hydrogens is 586 g/mol. The van der Waals surface area contributed by atoms with Gasteiger partial charge in [-0.15, -0.1) is 0 Å². The largest absolute Gasteiger partial charge is 0.353 e. The van der Waals surface area contributed by atoms with Crippen molar-refractivity contribution in [3.63, 3.8) is 0 Å². The van der Waals surface area contributed by atoms with Crippen molar-refractivity contribution in [1.82, 2.24) is 16.0 Å². The molecule has 1 atom stereocenters. The summed E-state index contributed by atoms with van der Waals surface area (Å²) in [4.78, 5) is 63.7. The van der Waals surface area contributed by atoms with Crippen LogP contribution in [0.1, 0.15) is 71.8 Å². The maximum absolute atomic E-state index is 13.0. The number of benzene rings is 4. The number of hydrogen-bond donors (Lipinski definition) is 4. The third-order valence-electron chi connectivity index (χ3n) is 7.13. The van der Waals surface area contributed by atoms with Crippen molar-refractivity contribution < 1.29 is 24.0 Å². The lowest BCUT2D eigenvalue weighted by Gasteiger charge is -2.18. The summed E-state index contributed by atoms with van der Waals surface area (Å²) in [6, 6.07) is 29.9. The van der Waals surface area contributed by atoms with E-state index in [1.165, 1.54) is 0 Å². The van der Waals surface area contributed by atoms with Gasteiger partial charge in [-0.1, -0.05) is 84.9 Å². The molecule has 0 aromatic heterocycles. The topological polar surface area (TPSA) is 121 Å². The highest BCUT2D eigenvalue weighted by Crippen LogP contribution is 2.13. The van der Waals surface area contributed by atoms with Crippen molar-refractivity contribution in [3.8, 4) is 0 Å². The van der Waals surface area contributed by atoms with Gasteiger partial charge in [0, 0.05) is 52.2 Å². The smallest absolute Gasteiger partial charge is 0.251 e. The number of amides is 3. The SMILES string of the molecule is O=C(NCCCCC(NC(=O)c1ccc(C(=O)c2ccccc2)cc1)C(=O)NCCS)c1ccc(C(=O)c2ccccc2)cc1. The van der Waals surface area contributed by atoms with Crippen molar-refractivity contribution in [2.75, 3.05) is 18.8 Å². The molecule has 0 saturated carbocycles. The summed E-state index contributed by atoms with van der Waals surface area (Å²) in [6.45, 7) is 0.732. The van der Waals surface area contributed by atoms with Gasteiger partial charge < -0.3 is 16.0 Å². The molecule has 45 heavy (non-hydrogen) atoms. The van der Waals surface area contributed by atoms with Crippen LogP contribution in [0, 0.1) is 0 Å². The Bertz CT molecular complexity index is 1610. The molecule has 3 amide bonds. The van der Waals surface area contributed by atoms with Gasteiger partial charge in [0.2, 0.25) is 5.91 Å². The molecular formula is C36H35N3O5S. The second-order valence-electron chi connectivity index (χ2n) is 10.3. The van der Waals surface area contributed by atoms with Gasteiger partial charge in [0.1, 0.15) is 6.04 Å². The number of rotatable bonds is 15. The summed E-state index contributed by atoms with van der Waals surface area (Å²) < 4.78 is 0. The number of carbonyl (C=O) groups excluding carboxylic acids is 5. The van der Waals surface area contributed by atoms with Crippen LogP contribution in [0.25, 0.3) is 0 Å². The summed E-state index contributed by atoms with van der Waals surface area (Å²) in [6.07, 6.45) is 1.51. The minimum Gasteiger partial charge on any atom is -0.353 e. The average Bonchev–Trinajstić information content (AvgIpc) is 3.10. The molecule has 230 valence electrons. The predicted octanol–water partition coefficient (Wildman–Crippen LogP) is 4.89. The van der Waals surface area contributed by atoms with Gasteiger partial charge in [-0.3, -0.25) is 24.0 Å². The predicted molar refractivity (Wildman–Crippen MR) is 177 cm³/mol. The van der Waals surface area contributed by atoms with E-state index in [1.807, 2.05) is 12.1 Å². The molecule has 9 heteroatoms. The molecule has 0 aliphatic heterocycles. The minimum atomic E-state index is -0.784. The Labute approximate surface area is 268 Å². The molecule has 0 heterocycles. The molecule has 0 aliphatic rings. The molecule has 4 rings (SSSR count). The summed E-state index contributed by atoms with van der Waals surface area (Å²) >= 11 is 4.14.